The summed E-state index contributed by atoms with van der Waals surface area (Å²) in [5, 5.41) is 0.743. The number of fused-ring (bicyclic) bond motifs is 1. The Morgan fingerprint density at radius 1 is 1.14 bits per heavy atom. The molecule has 4 nitrogen and oxygen atoms in total. The van der Waals surface area contributed by atoms with Crippen LogP contribution in [0.5, 0.6) is 0 Å². The highest BCUT2D eigenvalue weighted by Gasteiger charge is 2.46. The van der Waals surface area contributed by atoms with E-state index in [2.05, 4.69) is 17.0 Å². The van der Waals surface area contributed by atoms with Gasteiger partial charge in [-0.15, -0.1) is 0 Å². The first kappa shape index (κ1) is 20.3. The van der Waals surface area contributed by atoms with Crippen molar-refractivity contribution < 1.29 is 13.9 Å². The molecule has 2 aliphatic rings. The summed E-state index contributed by atoms with van der Waals surface area (Å²) in [5.74, 6) is 0.332. The van der Waals surface area contributed by atoms with Gasteiger partial charge < -0.3 is 9.64 Å². The van der Waals surface area contributed by atoms with E-state index in [1.165, 1.54) is 17.7 Å². The van der Waals surface area contributed by atoms with Gasteiger partial charge in [-0.05, 0) is 41.8 Å². The minimum atomic E-state index is -0.233. The zero-order valence-electron chi connectivity index (χ0n) is 16.6. The lowest BCUT2D eigenvalue weighted by molar-refractivity contribution is -0.137. The van der Waals surface area contributed by atoms with Crippen molar-refractivity contribution in [3.8, 4) is 0 Å². The van der Waals surface area contributed by atoms with Crippen molar-refractivity contribution in [3.63, 3.8) is 0 Å². The van der Waals surface area contributed by atoms with Crippen molar-refractivity contribution in [2.24, 2.45) is 5.92 Å². The first-order valence-electron chi connectivity index (χ1n) is 10.1. The molecule has 2 saturated heterocycles. The van der Waals surface area contributed by atoms with Crippen LogP contribution in [0.15, 0.2) is 48.5 Å². The van der Waals surface area contributed by atoms with Crippen molar-refractivity contribution in [1.29, 1.82) is 0 Å². The Kier molecular flexibility index (Phi) is 6.18. The lowest BCUT2D eigenvalue weighted by atomic mass is 9.81. The van der Waals surface area contributed by atoms with Crippen LogP contribution in [0.1, 0.15) is 23.5 Å². The molecular formula is C23H26ClFN2O2. The Bertz CT molecular complexity index is 843. The molecule has 0 N–H and O–H groups in total. The first-order valence-corrected chi connectivity index (χ1v) is 10.4. The van der Waals surface area contributed by atoms with Gasteiger partial charge >= 0.3 is 0 Å². The molecule has 4 rings (SSSR count). The van der Waals surface area contributed by atoms with Crippen LogP contribution in [0.2, 0.25) is 5.02 Å². The van der Waals surface area contributed by atoms with Gasteiger partial charge in [-0.1, -0.05) is 35.9 Å². The van der Waals surface area contributed by atoms with E-state index in [1.807, 2.05) is 29.2 Å². The van der Waals surface area contributed by atoms with Crippen LogP contribution >= 0.6 is 11.6 Å². The standard InChI is InChI=1S/C23H26ClFN2O2/c1-29-15-23(28)27-14-20(17-4-8-19(25)9-5-17)21-13-26(11-10-22(21)27)12-16-2-6-18(24)7-3-16/h2-9,20-22H,10-15H2,1H3/t20-,21-,22-/m1/s1. The Hall–Kier alpha value is -1.95. The number of benzene rings is 2. The van der Waals surface area contributed by atoms with Crippen LogP contribution in [-0.4, -0.2) is 55.1 Å². The van der Waals surface area contributed by atoms with Crippen LogP contribution in [0.25, 0.3) is 0 Å². The molecule has 0 saturated carbocycles. The fraction of sp³-hybridized carbons (Fsp3) is 0.435. The van der Waals surface area contributed by atoms with E-state index in [1.54, 1.807) is 7.11 Å². The molecule has 0 radical (unpaired) electrons. The van der Waals surface area contributed by atoms with Crippen molar-refractivity contribution in [2.75, 3.05) is 33.4 Å². The van der Waals surface area contributed by atoms with Gasteiger partial charge in [0.25, 0.3) is 0 Å². The average molecular weight is 417 g/mol. The summed E-state index contributed by atoms with van der Waals surface area (Å²) in [4.78, 5) is 17.1. The number of hydrogen-bond acceptors (Lipinski definition) is 3. The molecule has 6 heteroatoms. The van der Waals surface area contributed by atoms with E-state index in [0.717, 1.165) is 36.6 Å². The van der Waals surface area contributed by atoms with E-state index in [-0.39, 0.29) is 30.3 Å². The predicted octanol–water partition coefficient (Wildman–Crippen LogP) is 3.94. The number of halogens is 2. The summed E-state index contributed by atoms with van der Waals surface area (Å²) in [7, 11) is 1.55. The predicted molar refractivity (Wildman–Crippen MR) is 111 cm³/mol. The van der Waals surface area contributed by atoms with E-state index in [4.69, 9.17) is 16.3 Å². The molecular weight excluding hydrogens is 391 g/mol. The smallest absolute Gasteiger partial charge is 0.248 e. The minimum absolute atomic E-state index is 0.0401. The van der Waals surface area contributed by atoms with Crippen LogP contribution in [-0.2, 0) is 16.1 Å². The monoisotopic (exact) mass is 416 g/mol. The number of methoxy groups -OCH3 is 1. The van der Waals surface area contributed by atoms with Gasteiger partial charge in [0, 0.05) is 56.2 Å². The highest BCUT2D eigenvalue weighted by atomic mass is 35.5. The molecule has 0 aromatic heterocycles. The SMILES string of the molecule is COCC(=O)N1C[C@H](c2ccc(F)cc2)[C@H]2CN(Cc3ccc(Cl)cc3)CC[C@H]21. The Balaban J connectivity index is 1.54. The number of ether oxygens (including phenoxy) is 1. The highest BCUT2D eigenvalue weighted by molar-refractivity contribution is 6.30. The van der Waals surface area contributed by atoms with Gasteiger partial charge in [-0.2, -0.15) is 0 Å². The number of carbonyl (C=O) groups excluding carboxylic acids is 1. The van der Waals surface area contributed by atoms with E-state index in [9.17, 15) is 9.18 Å². The third-order valence-corrected chi connectivity index (χ3v) is 6.47. The number of rotatable bonds is 5. The van der Waals surface area contributed by atoms with Crippen molar-refractivity contribution in [1.82, 2.24) is 9.80 Å². The highest BCUT2D eigenvalue weighted by Crippen LogP contribution is 2.41. The van der Waals surface area contributed by atoms with Crippen molar-refractivity contribution >= 4 is 17.5 Å². The third-order valence-electron chi connectivity index (χ3n) is 6.22. The molecule has 0 unspecified atom stereocenters. The van der Waals surface area contributed by atoms with Crippen molar-refractivity contribution in [3.05, 3.63) is 70.5 Å². The topological polar surface area (TPSA) is 32.8 Å². The van der Waals surface area contributed by atoms with Gasteiger partial charge in [0.15, 0.2) is 0 Å². The van der Waals surface area contributed by atoms with Crippen LogP contribution in [0.3, 0.4) is 0 Å². The summed E-state index contributed by atoms with van der Waals surface area (Å²) >= 11 is 6.01. The molecule has 0 spiro atoms. The van der Waals surface area contributed by atoms with Gasteiger partial charge in [-0.25, -0.2) is 4.39 Å². The summed E-state index contributed by atoms with van der Waals surface area (Å²) in [6.07, 6.45) is 0.936. The summed E-state index contributed by atoms with van der Waals surface area (Å²) in [6.45, 7) is 3.48. The molecule has 3 atom stereocenters. The summed E-state index contributed by atoms with van der Waals surface area (Å²) < 4.78 is 18.5. The molecule has 2 heterocycles. The van der Waals surface area contributed by atoms with E-state index >= 15 is 0 Å². The Labute approximate surface area is 176 Å². The van der Waals surface area contributed by atoms with Gasteiger partial charge in [0.2, 0.25) is 5.91 Å². The summed E-state index contributed by atoms with van der Waals surface area (Å²) in [5.41, 5.74) is 2.33. The lowest BCUT2D eigenvalue weighted by Crippen LogP contribution is -2.48. The number of hydrogen-bond donors (Lipinski definition) is 0. The maximum Gasteiger partial charge on any atom is 0.248 e. The number of amides is 1. The Morgan fingerprint density at radius 2 is 1.86 bits per heavy atom. The molecule has 154 valence electrons. The molecule has 2 aromatic carbocycles. The first-order chi connectivity index (χ1) is 14.0. The average Bonchev–Trinajstić information content (AvgIpc) is 3.09. The largest absolute Gasteiger partial charge is 0.375 e. The fourth-order valence-electron chi connectivity index (χ4n) is 4.85. The third kappa shape index (κ3) is 4.47. The normalized spacial score (nSPS) is 24.5. The zero-order valence-corrected chi connectivity index (χ0v) is 17.3. The maximum absolute atomic E-state index is 13.4. The Morgan fingerprint density at radius 3 is 2.55 bits per heavy atom. The van der Waals surface area contributed by atoms with E-state index in [0.29, 0.717) is 12.5 Å². The zero-order chi connectivity index (χ0) is 20.4. The molecule has 2 fully saturated rings. The minimum Gasteiger partial charge on any atom is -0.375 e. The maximum atomic E-state index is 13.4. The second kappa shape index (κ2) is 8.82. The number of piperidine rings is 1. The summed E-state index contributed by atoms with van der Waals surface area (Å²) in [6, 6.07) is 14.9. The molecule has 0 bridgehead atoms. The molecule has 29 heavy (non-hydrogen) atoms. The van der Waals surface area contributed by atoms with Crippen LogP contribution in [0.4, 0.5) is 4.39 Å². The van der Waals surface area contributed by atoms with E-state index < -0.39 is 0 Å². The lowest BCUT2D eigenvalue weighted by Gasteiger charge is -2.39. The molecule has 1 amide bonds. The van der Waals surface area contributed by atoms with Gasteiger partial charge in [-0.3, -0.25) is 9.69 Å². The molecule has 2 aromatic rings. The second-order valence-electron chi connectivity index (χ2n) is 8.02. The van der Waals surface area contributed by atoms with Crippen molar-refractivity contribution in [2.45, 2.75) is 24.9 Å². The molecule has 0 aliphatic carbocycles. The fourth-order valence-corrected chi connectivity index (χ4v) is 4.98. The second-order valence-corrected chi connectivity index (χ2v) is 8.46. The number of likely N-dealkylation sites (tertiary alicyclic amines) is 2. The van der Waals surface area contributed by atoms with Crippen LogP contribution < -0.4 is 0 Å². The van der Waals surface area contributed by atoms with Gasteiger partial charge in [0.1, 0.15) is 12.4 Å². The van der Waals surface area contributed by atoms with Crippen LogP contribution in [0, 0.1) is 11.7 Å². The number of nitrogens with zero attached hydrogens (tertiary/aromatic N) is 2. The van der Waals surface area contributed by atoms with Gasteiger partial charge in [0.05, 0.1) is 0 Å². The number of carbonyl (C=O) groups is 1. The quantitative estimate of drug-likeness (QED) is 0.740. The molecule has 2 aliphatic heterocycles.